The number of hydrogen-bond donors (Lipinski definition) is 2. The lowest BCUT2D eigenvalue weighted by molar-refractivity contribution is 0.0804. The summed E-state index contributed by atoms with van der Waals surface area (Å²) in [4.78, 5) is 0. The van der Waals surface area contributed by atoms with Gasteiger partial charge in [0.15, 0.2) is 0 Å². The van der Waals surface area contributed by atoms with E-state index in [-0.39, 0.29) is 25.4 Å². The van der Waals surface area contributed by atoms with Gasteiger partial charge in [-0.2, -0.15) is 0 Å². The Labute approximate surface area is 142 Å². The third-order valence-electron chi connectivity index (χ3n) is 4.39. The van der Waals surface area contributed by atoms with Crippen LogP contribution >= 0.6 is 0 Å². The third kappa shape index (κ3) is 4.49. The maximum atomic E-state index is 9.19. The molecule has 0 aromatic heterocycles. The molecule has 1 saturated carbocycles. The standard InChI is InChI=1S/C20H24O4/c21-13-15-3-1-5-19(11-15)23-17-7-9-18(10-8-17)24-20-6-2-4-16(12-20)14-22/h1-6,11-12,17-18,21-22H,7-10,13-14H2. The minimum absolute atomic E-state index is 0.0324. The van der Waals surface area contributed by atoms with Crippen molar-refractivity contribution in [3.63, 3.8) is 0 Å². The largest absolute Gasteiger partial charge is 0.490 e. The molecule has 1 fully saturated rings. The molecule has 0 spiro atoms. The second kappa shape index (κ2) is 8.18. The smallest absolute Gasteiger partial charge is 0.120 e. The maximum absolute atomic E-state index is 9.19. The number of hydrogen-bond acceptors (Lipinski definition) is 4. The molecule has 3 rings (SSSR count). The highest BCUT2D eigenvalue weighted by atomic mass is 16.5. The Morgan fingerprint density at radius 1 is 0.708 bits per heavy atom. The third-order valence-corrected chi connectivity index (χ3v) is 4.39. The molecule has 4 nitrogen and oxygen atoms in total. The van der Waals surface area contributed by atoms with Crippen LogP contribution in [0.3, 0.4) is 0 Å². The Bertz CT molecular complexity index is 590. The van der Waals surface area contributed by atoms with E-state index in [1.807, 2.05) is 48.5 Å². The average molecular weight is 328 g/mol. The van der Waals surface area contributed by atoms with Crippen molar-refractivity contribution in [1.82, 2.24) is 0 Å². The summed E-state index contributed by atoms with van der Waals surface area (Å²) in [5.74, 6) is 1.64. The van der Waals surface area contributed by atoms with Gasteiger partial charge in [-0.1, -0.05) is 24.3 Å². The summed E-state index contributed by atoms with van der Waals surface area (Å²) in [7, 11) is 0. The lowest BCUT2D eigenvalue weighted by Gasteiger charge is -2.29. The zero-order valence-corrected chi connectivity index (χ0v) is 13.7. The van der Waals surface area contributed by atoms with Crippen LogP contribution in [-0.4, -0.2) is 22.4 Å². The van der Waals surface area contributed by atoms with E-state index in [1.54, 1.807) is 0 Å². The molecule has 2 N–H and O–H groups in total. The first kappa shape index (κ1) is 16.8. The van der Waals surface area contributed by atoms with Gasteiger partial charge in [-0.15, -0.1) is 0 Å². The molecule has 1 aliphatic rings. The highest BCUT2D eigenvalue weighted by Gasteiger charge is 2.23. The number of aliphatic hydroxyl groups excluding tert-OH is 2. The van der Waals surface area contributed by atoms with Crippen LogP contribution in [0.4, 0.5) is 0 Å². The minimum Gasteiger partial charge on any atom is -0.490 e. The molecule has 4 heteroatoms. The first-order valence-electron chi connectivity index (χ1n) is 8.49. The molecule has 0 radical (unpaired) electrons. The van der Waals surface area contributed by atoms with E-state index in [9.17, 15) is 10.2 Å². The van der Waals surface area contributed by atoms with Gasteiger partial charge in [-0.25, -0.2) is 0 Å². The molecule has 0 bridgehead atoms. The van der Waals surface area contributed by atoms with Gasteiger partial charge in [-0.3, -0.25) is 0 Å². The van der Waals surface area contributed by atoms with Gasteiger partial charge in [0.2, 0.25) is 0 Å². The van der Waals surface area contributed by atoms with Crippen molar-refractivity contribution in [1.29, 1.82) is 0 Å². The van der Waals surface area contributed by atoms with E-state index in [0.717, 1.165) is 48.3 Å². The summed E-state index contributed by atoms with van der Waals surface area (Å²) in [6.45, 7) is 0.0649. The van der Waals surface area contributed by atoms with Crippen molar-refractivity contribution in [2.45, 2.75) is 51.1 Å². The Morgan fingerprint density at radius 2 is 1.12 bits per heavy atom. The fraction of sp³-hybridized carbons (Fsp3) is 0.400. The van der Waals surface area contributed by atoms with E-state index in [2.05, 4.69) is 0 Å². The summed E-state index contributed by atoms with van der Waals surface area (Å²) in [6.07, 6.45) is 4.20. The summed E-state index contributed by atoms with van der Waals surface area (Å²) >= 11 is 0. The summed E-state index contributed by atoms with van der Waals surface area (Å²) < 4.78 is 12.1. The monoisotopic (exact) mass is 328 g/mol. The second-order valence-corrected chi connectivity index (χ2v) is 6.25. The molecule has 1 aliphatic carbocycles. The second-order valence-electron chi connectivity index (χ2n) is 6.25. The van der Waals surface area contributed by atoms with Crippen molar-refractivity contribution < 1.29 is 19.7 Å². The molecule has 0 heterocycles. The first-order valence-corrected chi connectivity index (χ1v) is 8.49. The van der Waals surface area contributed by atoms with Crippen LogP contribution < -0.4 is 9.47 Å². The molecular formula is C20H24O4. The van der Waals surface area contributed by atoms with Crippen molar-refractivity contribution in [3.8, 4) is 11.5 Å². The Morgan fingerprint density at radius 3 is 1.50 bits per heavy atom. The molecule has 24 heavy (non-hydrogen) atoms. The van der Waals surface area contributed by atoms with Gasteiger partial charge in [-0.05, 0) is 61.1 Å². The maximum Gasteiger partial charge on any atom is 0.120 e. The molecular weight excluding hydrogens is 304 g/mol. The molecule has 128 valence electrons. The number of aliphatic hydroxyl groups is 2. The highest BCUT2D eigenvalue weighted by Crippen LogP contribution is 2.27. The molecule has 0 unspecified atom stereocenters. The Kier molecular flexibility index (Phi) is 5.72. The topological polar surface area (TPSA) is 58.9 Å². The van der Waals surface area contributed by atoms with Gasteiger partial charge in [0.25, 0.3) is 0 Å². The molecule has 2 aromatic carbocycles. The quantitative estimate of drug-likeness (QED) is 0.853. The van der Waals surface area contributed by atoms with Gasteiger partial charge in [0.05, 0.1) is 25.4 Å². The molecule has 0 saturated heterocycles. The van der Waals surface area contributed by atoms with Crippen molar-refractivity contribution >= 4 is 0 Å². The van der Waals surface area contributed by atoms with Crippen molar-refractivity contribution in [3.05, 3.63) is 59.7 Å². The average Bonchev–Trinajstić information content (AvgIpc) is 2.64. The number of ether oxygens (including phenoxy) is 2. The van der Waals surface area contributed by atoms with Crippen LogP contribution in [0.5, 0.6) is 11.5 Å². The predicted octanol–water partition coefficient (Wildman–Crippen LogP) is 3.44. The number of rotatable bonds is 6. The summed E-state index contributed by atoms with van der Waals surface area (Å²) in [5, 5.41) is 18.4. The normalized spacial score (nSPS) is 20.6. The predicted molar refractivity (Wildman–Crippen MR) is 92.0 cm³/mol. The molecule has 0 amide bonds. The van der Waals surface area contributed by atoms with Crippen LogP contribution in [-0.2, 0) is 13.2 Å². The van der Waals surface area contributed by atoms with Crippen LogP contribution in [0.25, 0.3) is 0 Å². The van der Waals surface area contributed by atoms with E-state index in [0.29, 0.717) is 0 Å². The zero-order chi connectivity index (χ0) is 16.8. The SMILES string of the molecule is OCc1cccc(OC2CCC(Oc3cccc(CO)c3)CC2)c1. The van der Waals surface area contributed by atoms with Crippen molar-refractivity contribution in [2.75, 3.05) is 0 Å². The first-order chi connectivity index (χ1) is 11.8. The summed E-state index contributed by atoms with van der Waals surface area (Å²) in [5.41, 5.74) is 1.74. The molecule has 0 aliphatic heterocycles. The van der Waals surface area contributed by atoms with Gasteiger partial charge in [0, 0.05) is 0 Å². The van der Waals surface area contributed by atoms with Gasteiger partial charge < -0.3 is 19.7 Å². The number of benzene rings is 2. The van der Waals surface area contributed by atoms with Crippen LogP contribution in [0.15, 0.2) is 48.5 Å². The van der Waals surface area contributed by atoms with E-state index in [4.69, 9.17) is 9.47 Å². The lowest BCUT2D eigenvalue weighted by Crippen LogP contribution is -2.30. The van der Waals surface area contributed by atoms with Crippen LogP contribution in [0.2, 0.25) is 0 Å². The zero-order valence-electron chi connectivity index (χ0n) is 13.7. The summed E-state index contributed by atoms with van der Waals surface area (Å²) in [6, 6.07) is 15.2. The Balaban J connectivity index is 1.50. The van der Waals surface area contributed by atoms with E-state index in [1.165, 1.54) is 0 Å². The fourth-order valence-corrected chi connectivity index (χ4v) is 3.09. The van der Waals surface area contributed by atoms with E-state index >= 15 is 0 Å². The fourth-order valence-electron chi connectivity index (χ4n) is 3.09. The van der Waals surface area contributed by atoms with Crippen molar-refractivity contribution in [2.24, 2.45) is 0 Å². The van der Waals surface area contributed by atoms with Gasteiger partial charge in [0.1, 0.15) is 11.5 Å². The molecule has 2 aromatic rings. The Hall–Kier alpha value is -2.04. The van der Waals surface area contributed by atoms with Crippen LogP contribution in [0, 0.1) is 0 Å². The van der Waals surface area contributed by atoms with E-state index < -0.39 is 0 Å². The molecule has 0 atom stereocenters. The lowest BCUT2D eigenvalue weighted by atomic mass is 9.95. The highest BCUT2D eigenvalue weighted by molar-refractivity contribution is 5.29. The van der Waals surface area contributed by atoms with Gasteiger partial charge >= 0.3 is 0 Å². The minimum atomic E-state index is 0.0324. The van der Waals surface area contributed by atoms with Crippen LogP contribution in [0.1, 0.15) is 36.8 Å².